The van der Waals surface area contributed by atoms with E-state index in [2.05, 4.69) is 9.97 Å². The number of aromatic nitrogens is 2. The highest BCUT2D eigenvalue weighted by molar-refractivity contribution is 6.19. The lowest BCUT2D eigenvalue weighted by Crippen LogP contribution is -2.02. The van der Waals surface area contributed by atoms with Crippen LogP contribution in [0.25, 0.3) is 43.4 Å². The summed E-state index contributed by atoms with van der Waals surface area (Å²) in [6, 6.07) is 18.3. The SMILES string of the molecule is COC(=O)c1c(O)c2ccccc2c2[nH]ccc12.COC(=O)c1c(O)c2ccccc2c2[nH]ccc12. The molecule has 6 aromatic rings. The van der Waals surface area contributed by atoms with Gasteiger partial charge in [0, 0.05) is 44.7 Å². The number of carbonyl (C=O) groups is 2. The van der Waals surface area contributed by atoms with Gasteiger partial charge >= 0.3 is 11.9 Å². The van der Waals surface area contributed by atoms with Crippen LogP contribution in [0.3, 0.4) is 0 Å². The van der Waals surface area contributed by atoms with E-state index in [0.29, 0.717) is 21.5 Å². The van der Waals surface area contributed by atoms with E-state index in [0.717, 1.165) is 21.8 Å². The summed E-state index contributed by atoms with van der Waals surface area (Å²) in [5, 5.41) is 24.9. The van der Waals surface area contributed by atoms with E-state index < -0.39 is 11.9 Å². The fourth-order valence-corrected chi connectivity index (χ4v) is 4.56. The molecular weight excluding hydrogens is 460 g/mol. The van der Waals surface area contributed by atoms with Crippen molar-refractivity contribution in [1.29, 1.82) is 0 Å². The Morgan fingerprint density at radius 1 is 0.583 bits per heavy atom. The van der Waals surface area contributed by atoms with Crippen LogP contribution in [0, 0.1) is 0 Å². The van der Waals surface area contributed by atoms with E-state index in [1.807, 2.05) is 36.4 Å². The number of aromatic hydroxyl groups is 2. The molecule has 0 atom stereocenters. The third-order valence-electron chi connectivity index (χ3n) is 6.19. The van der Waals surface area contributed by atoms with E-state index in [4.69, 9.17) is 9.47 Å². The molecule has 180 valence electrons. The number of H-pyrrole nitrogens is 2. The highest BCUT2D eigenvalue weighted by Crippen LogP contribution is 2.38. The molecule has 2 heterocycles. The summed E-state index contributed by atoms with van der Waals surface area (Å²) in [4.78, 5) is 29.8. The molecule has 4 aromatic carbocycles. The molecule has 0 radical (unpaired) electrons. The third kappa shape index (κ3) is 3.47. The van der Waals surface area contributed by atoms with Gasteiger partial charge in [0.15, 0.2) is 0 Å². The molecule has 0 saturated heterocycles. The Morgan fingerprint density at radius 3 is 1.31 bits per heavy atom. The quantitative estimate of drug-likeness (QED) is 0.237. The summed E-state index contributed by atoms with van der Waals surface area (Å²) >= 11 is 0. The summed E-state index contributed by atoms with van der Waals surface area (Å²) < 4.78 is 9.46. The smallest absolute Gasteiger partial charge is 0.342 e. The maximum atomic E-state index is 11.8. The molecule has 2 aromatic heterocycles. The van der Waals surface area contributed by atoms with Crippen LogP contribution >= 0.6 is 0 Å². The molecule has 0 spiro atoms. The lowest BCUT2D eigenvalue weighted by atomic mass is 10.0. The maximum absolute atomic E-state index is 11.8. The number of fused-ring (bicyclic) bond motifs is 6. The van der Waals surface area contributed by atoms with Gasteiger partial charge in [-0.1, -0.05) is 48.5 Å². The van der Waals surface area contributed by atoms with Gasteiger partial charge in [-0.25, -0.2) is 9.59 Å². The second-order valence-electron chi connectivity index (χ2n) is 8.05. The van der Waals surface area contributed by atoms with Crippen LogP contribution in [0.2, 0.25) is 0 Å². The third-order valence-corrected chi connectivity index (χ3v) is 6.19. The Morgan fingerprint density at radius 2 is 0.944 bits per heavy atom. The van der Waals surface area contributed by atoms with E-state index in [-0.39, 0.29) is 22.6 Å². The van der Waals surface area contributed by atoms with Gasteiger partial charge < -0.3 is 29.7 Å². The van der Waals surface area contributed by atoms with Gasteiger partial charge in [0.2, 0.25) is 0 Å². The van der Waals surface area contributed by atoms with E-state index in [1.54, 1.807) is 36.7 Å². The van der Waals surface area contributed by atoms with Crippen molar-refractivity contribution in [2.75, 3.05) is 14.2 Å². The molecule has 36 heavy (non-hydrogen) atoms. The predicted molar refractivity (Wildman–Crippen MR) is 138 cm³/mol. The van der Waals surface area contributed by atoms with Gasteiger partial charge in [-0.05, 0) is 12.1 Å². The number of phenolic OH excluding ortho intramolecular Hbond substituents is 2. The van der Waals surface area contributed by atoms with Crippen LogP contribution in [-0.4, -0.2) is 46.3 Å². The second-order valence-corrected chi connectivity index (χ2v) is 8.05. The number of hydrogen-bond donors (Lipinski definition) is 4. The molecule has 8 nitrogen and oxygen atoms in total. The number of nitrogens with one attached hydrogen (secondary N) is 2. The summed E-state index contributed by atoms with van der Waals surface area (Å²) in [6.07, 6.45) is 3.48. The van der Waals surface area contributed by atoms with Crippen molar-refractivity contribution in [3.63, 3.8) is 0 Å². The number of carbonyl (C=O) groups excluding carboxylic acids is 2. The lowest BCUT2D eigenvalue weighted by molar-refractivity contribution is 0.0590. The number of rotatable bonds is 2. The topological polar surface area (TPSA) is 125 Å². The zero-order chi connectivity index (χ0) is 25.4. The molecule has 0 aliphatic heterocycles. The summed E-state index contributed by atoms with van der Waals surface area (Å²) in [7, 11) is 2.60. The van der Waals surface area contributed by atoms with Crippen molar-refractivity contribution in [3.8, 4) is 11.5 Å². The first-order valence-electron chi connectivity index (χ1n) is 11.1. The number of phenols is 2. The molecule has 0 amide bonds. The Bertz CT molecular complexity index is 1650. The predicted octanol–water partition coefficient (Wildman–Crippen LogP) is 5.63. The average Bonchev–Trinajstić information content (AvgIpc) is 3.59. The normalized spacial score (nSPS) is 10.9. The molecule has 6 rings (SSSR count). The standard InChI is InChI=1S/2C14H11NO3/c2*1-18-14(17)11-10-6-7-15-12(10)8-4-2-3-5-9(8)13(11)16/h2*2-7,15-16H,1H3. The van der Waals surface area contributed by atoms with Gasteiger partial charge in [-0.3, -0.25) is 0 Å². The zero-order valence-corrected chi connectivity index (χ0v) is 19.5. The van der Waals surface area contributed by atoms with E-state index in [9.17, 15) is 19.8 Å². The van der Waals surface area contributed by atoms with Crippen molar-refractivity contribution in [2.45, 2.75) is 0 Å². The van der Waals surface area contributed by atoms with Crippen LogP contribution in [0.5, 0.6) is 11.5 Å². The minimum Gasteiger partial charge on any atom is -0.506 e. The fourth-order valence-electron chi connectivity index (χ4n) is 4.56. The number of benzene rings is 4. The van der Waals surface area contributed by atoms with E-state index >= 15 is 0 Å². The van der Waals surface area contributed by atoms with Gasteiger partial charge in [0.25, 0.3) is 0 Å². The molecule has 0 aliphatic rings. The van der Waals surface area contributed by atoms with Crippen molar-refractivity contribution in [3.05, 3.63) is 84.2 Å². The molecule has 4 N–H and O–H groups in total. The van der Waals surface area contributed by atoms with Gasteiger partial charge in [0.1, 0.15) is 22.6 Å². The number of esters is 2. The molecule has 0 unspecified atom stereocenters. The minimum absolute atomic E-state index is 0.0375. The van der Waals surface area contributed by atoms with Gasteiger partial charge in [0.05, 0.1) is 25.3 Å². The molecule has 0 saturated carbocycles. The Balaban J connectivity index is 0.000000148. The summed E-state index contributed by atoms with van der Waals surface area (Å²) in [5.74, 6) is -1.15. The highest BCUT2D eigenvalue weighted by atomic mass is 16.5. The minimum atomic E-state index is -0.539. The molecule has 0 aliphatic carbocycles. The fraction of sp³-hybridized carbons (Fsp3) is 0.0714. The van der Waals surface area contributed by atoms with Crippen molar-refractivity contribution < 1.29 is 29.3 Å². The molecule has 8 heteroatoms. The van der Waals surface area contributed by atoms with Crippen molar-refractivity contribution in [1.82, 2.24) is 9.97 Å². The first-order valence-corrected chi connectivity index (χ1v) is 11.1. The van der Waals surface area contributed by atoms with Crippen LogP contribution in [0.15, 0.2) is 73.1 Å². The van der Waals surface area contributed by atoms with Crippen molar-refractivity contribution >= 4 is 55.3 Å². The Hall–Kier alpha value is -4.98. The first-order chi connectivity index (χ1) is 17.5. The van der Waals surface area contributed by atoms with Crippen molar-refractivity contribution in [2.24, 2.45) is 0 Å². The first kappa shape index (κ1) is 22.8. The van der Waals surface area contributed by atoms with Crippen LogP contribution < -0.4 is 0 Å². The Kier molecular flexibility index (Phi) is 5.69. The van der Waals surface area contributed by atoms with Crippen LogP contribution in [0.4, 0.5) is 0 Å². The summed E-state index contributed by atoms with van der Waals surface area (Å²) in [6.45, 7) is 0. The maximum Gasteiger partial charge on any atom is 0.342 e. The zero-order valence-electron chi connectivity index (χ0n) is 19.5. The molecular formula is C28H22N2O6. The number of hydrogen-bond acceptors (Lipinski definition) is 6. The highest BCUT2D eigenvalue weighted by Gasteiger charge is 2.21. The second kappa shape index (κ2) is 8.99. The number of methoxy groups -OCH3 is 2. The molecule has 0 bridgehead atoms. The monoisotopic (exact) mass is 482 g/mol. The van der Waals surface area contributed by atoms with Crippen LogP contribution in [0.1, 0.15) is 20.7 Å². The number of ether oxygens (including phenoxy) is 2. The van der Waals surface area contributed by atoms with Crippen LogP contribution in [-0.2, 0) is 9.47 Å². The Labute approximate surface area is 204 Å². The van der Waals surface area contributed by atoms with Gasteiger partial charge in [-0.15, -0.1) is 0 Å². The largest absolute Gasteiger partial charge is 0.506 e. The summed E-state index contributed by atoms with van der Waals surface area (Å²) in [5.41, 5.74) is 2.05. The average molecular weight is 482 g/mol. The van der Waals surface area contributed by atoms with E-state index in [1.165, 1.54) is 14.2 Å². The molecule has 0 fully saturated rings. The number of aromatic amines is 2. The van der Waals surface area contributed by atoms with Gasteiger partial charge in [-0.2, -0.15) is 0 Å². The lowest BCUT2D eigenvalue weighted by Gasteiger charge is -2.09.